The van der Waals surface area contributed by atoms with Crippen molar-refractivity contribution in [1.82, 2.24) is 5.32 Å². The predicted octanol–water partition coefficient (Wildman–Crippen LogP) is 2.88. The van der Waals surface area contributed by atoms with Gasteiger partial charge in [0.2, 0.25) is 11.0 Å². The maximum absolute atomic E-state index is 12.8. The lowest BCUT2D eigenvalue weighted by Gasteiger charge is -2.19. The van der Waals surface area contributed by atoms with Crippen molar-refractivity contribution in [2.75, 3.05) is 14.2 Å². The highest BCUT2D eigenvalue weighted by Crippen LogP contribution is 2.32. The molecule has 7 nitrogen and oxygen atoms in total. The summed E-state index contributed by atoms with van der Waals surface area (Å²) in [6, 6.07) is 10.8. The van der Waals surface area contributed by atoms with Crippen molar-refractivity contribution in [3.8, 4) is 11.5 Å². The minimum absolute atomic E-state index is 0.165. The maximum atomic E-state index is 12.8. The summed E-state index contributed by atoms with van der Waals surface area (Å²) in [7, 11) is 2.99. The molecular formula is C21H24N2O5S. The molecule has 2 amide bonds. The van der Waals surface area contributed by atoms with Crippen LogP contribution in [0.4, 0.5) is 0 Å². The first-order chi connectivity index (χ1) is 13.8. The van der Waals surface area contributed by atoms with Gasteiger partial charge in [-0.15, -0.1) is 0 Å². The average molecular weight is 416 g/mol. The normalized spacial score (nSPS) is 11.6. The van der Waals surface area contributed by atoms with Gasteiger partial charge in [0.15, 0.2) is 0 Å². The standard InChI is InChI=1S/C21H24N2O5S/c1-12(2)18(19(22)24)23-20(25)15-7-5-6-8-17(15)29-21(26)14-10-9-13(27-3)11-16(14)28-4/h5-12,18H,1-4H3,(H2,22,24)(H,23,25)/t18-/m0/s1. The van der Waals surface area contributed by atoms with Crippen molar-refractivity contribution in [2.24, 2.45) is 11.7 Å². The van der Waals surface area contributed by atoms with Crippen molar-refractivity contribution in [3.05, 3.63) is 53.6 Å². The number of carbonyl (C=O) groups excluding carboxylic acids is 3. The first-order valence-corrected chi connectivity index (χ1v) is 9.73. The second-order valence-electron chi connectivity index (χ2n) is 6.55. The van der Waals surface area contributed by atoms with Gasteiger partial charge < -0.3 is 20.5 Å². The highest BCUT2D eigenvalue weighted by atomic mass is 32.2. The van der Waals surface area contributed by atoms with E-state index in [1.54, 1.807) is 56.3 Å². The number of methoxy groups -OCH3 is 2. The molecule has 0 fully saturated rings. The summed E-state index contributed by atoms with van der Waals surface area (Å²) < 4.78 is 10.4. The molecule has 0 spiro atoms. The van der Waals surface area contributed by atoms with Crippen molar-refractivity contribution in [3.63, 3.8) is 0 Å². The highest BCUT2D eigenvalue weighted by molar-refractivity contribution is 8.14. The predicted molar refractivity (Wildman–Crippen MR) is 111 cm³/mol. The molecule has 0 saturated heterocycles. The van der Waals surface area contributed by atoms with Gasteiger partial charge in [-0.05, 0) is 41.9 Å². The molecular weight excluding hydrogens is 392 g/mol. The van der Waals surface area contributed by atoms with Crippen molar-refractivity contribution in [2.45, 2.75) is 24.8 Å². The number of hydrogen-bond acceptors (Lipinski definition) is 6. The number of rotatable bonds is 8. The van der Waals surface area contributed by atoms with Crippen LogP contribution >= 0.6 is 11.8 Å². The zero-order valence-corrected chi connectivity index (χ0v) is 17.5. The topological polar surface area (TPSA) is 108 Å². The number of benzene rings is 2. The van der Waals surface area contributed by atoms with E-state index in [9.17, 15) is 14.4 Å². The van der Waals surface area contributed by atoms with E-state index in [-0.39, 0.29) is 16.6 Å². The number of nitrogens with one attached hydrogen (secondary N) is 1. The Morgan fingerprint density at radius 1 is 1.00 bits per heavy atom. The van der Waals surface area contributed by atoms with Gasteiger partial charge in [-0.3, -0.25) is 14.4 Å². The van der Waals surface area contributed by atoms with E-state index in [1.807, 2.05) is 0 Å². The Morgan fingerprint density at radius 3 is 2.28 bits per heavy atom. The monoisotopic (exact) mass is 416 g/mol. The molecule has 0 bridgehead atoms. The second kappa shape index (κ2) is 9.97. The van der Waals surface area contributed by atoms with Crippen molar-refractivity contribution in [1.29, 1.82) is 0 Å². The quantitative estimate of drug-likeness (QED) is 0.641. The lowest BCUT2D eigenvalue weighted by Crippen LogP contribution is -2.47. The van der Waals surface area contributed by atoms with Crippen molar-refractivity contribution >= 4 is 28.7 Å². The SMILES string of the molecule is COc1ccc(C(=O)Sc2ccccc2C(=O)N[C@H](C(N)=O)C(C)C)c(OC)c1. The fourth-order valence-electron chi connectivity index (χ4n) is 2.65. The summed E-state index contributed by atoms with van der Waals surface area (Å²) in [5.74, 6) is -0.314. The number of carbonyl (C=O) groups is 3. The molecule has 0 radical (unpaired) electrons. The van der Waals surface area contributed by atoms with E-state index in [1.165, 1.54) is 14.2 Å². The third kappa shape index (κ3) is 5.51. The van der Waals surface area contributed by atoms with E-state index in [4.69, 9.17) is 15.2 Å². The first kappa shape index (κ1) is 22.3. The maximum Gasteiger partial charge on any atom is 0.253 e. The molecule has 0 saturated carbocycles. The van der Waals surface area contributed by atoms with Crippen LogP contribution in [0.25, 0.3) is 0 Å². The molecule has 2 aromatic carbocycles. The van der Waals surface area contributed by atoms with Crippen LogP contribution in [0.1, 0.15) is 34.6 Å². The molecule has 8 heteroatoms. The Hall–Kier alpha value is -3.00. The highest BCUT2D eigenvalue weighted by Gasteiger charge is 2.24. The molecule has 0 aromatic heterocycles. The lowest BCUT2D eigenvalue weighted by atomic mass is 10.0. The first-order valence-electron chi connectivity index (χ1n) is 8.91. The molecule has 2 rings (SSSR count). The minimum Gasteiger partial charge on any atom is -0.497 e. The van der Waals surface area contributed by atoms with E-state index < -0.39 is 17.9 Å². The number of ether oxygens (including phenoxy) is 2. The smallest absolute Gasteiger partial charge is 0.253 e. The van der Waals surface area contributed by atoms with E-state index in [2.05, 4.69) is 5.32 Å². The Balaban J connectivity index is 2.28. The summed E-state index contributed by atoms with van der Waals surface area (Å²) in [4.78, 5) is 37.6. The molecule has 0 aliphatic heterocycles. The second-order valence-corrected chi connectivity index (χ2v) is 7.56. The lowest BCUT2D eigenvalue weighted by molar-refractivity contribution is -0.120. The van der Waals surface area contributed by atoms with Crippen LogP contribution in [0.3, 0.4) is 0 Å². The van der Waals surface area contributed by atoms with Gasteiger partial charge in [0.25, 0.3) is 5.91 Å². The Bertz CT molecular complexity index is 914. The summed E-state index contributed by atoms with van der Waals surface area (Å²) >= 11 is 0.902. The van der Waals surface area contributed by atoms with Gasteiger partial charge in [-0.2, -0.15) is 0 Å². The molecule has 0 heterocycles. The van der Waals surface area contributed by atoms with Gasteiger partial charge in [0.05, 0.1) is 25.3 Å². The largest absolute Gasteiger partial charge is 0.497 e. The van der Waals surface area contributed by atoms with E-state index >= 15 is 0 Å². The van der Waals surface area contributed by atoms with Crippen LogP contribution in [-0.4, -0.2) is 37.2 Å². The summed E-state index contributed by atoms with van der Waals surface area (Å²) in [6.45, 7) is 3.58. The average Bonchev–Trinajstić information content (AvgIpc) is 2.71. The van der Waals surface area contributed by atoms with Gasteiger partial charge in [-0.25, -0.2) is 0 Å². The fraction of sp³-hybridized carbons (Fsp3) is 0.286. The summed E-state index contributed by atoms with van der Waals surface area (Å²) in [6.07, 6.45) is 0. The molecule has 3 N–H and O–H groups in total. The number of thioether (sulfide) groups is 1. The van der Waals surface area contributed by atoms with Crippen LogP contribution in [0, 0.1) is 5.92 Å². The molecule has 0 aliphatic rings. The molecule has 1 atom stereocenters. The zero-order valence-electron chi connectivity index (χ0n) is 16.7. The van der Waals surface area contributed by atoms with Gasteiger partial charge in [-0.1, -0.05) is 26.0 Å². The Kier molecular flexibility index (Phi) is 7.67. The van der Waals surface area contributed by atoms with Gasteiger partial charge in [0, 0.05) is 11.0 Å². The minimum atomic E-state index is -0.807. The van der Waals surface area contributed by atoms with E-state index in [0.29, 0.717) is 22.0 Å². The summed E-state index contributed by atoms with van der Waals surface area (Å²) in [5, 5.41) is 2.35. The van der Waals surface area contributed by atoms with E-state index in [0.717, 1.165) is 11.8 Å². The molecule has 0 unspecified atom stereocenters. The molecule has 154 valence electrons. The van der Waals surface area contributed by atoms with Crippen LogP contribution in [-0.2, 0) is 4.79 Å². The van der Waals surface area contributed by atoms with Gasteiger partial charge >= 0.3 is 0 Å². The van der Waals surface area contributed by atoms with Crippen LogP contribution in [0.15, 0.2) is 47.4 Å². The number of nitrogens with two attached hydrogens (primary N) is 1. The third-order valence-corrected chi connectivity index (χ3v) is 5.20. The van der Waals surface area contributed by atoms with Crippen LogP contribution < -0.4 is 20.5 Å². The van der Waals surface area contributed by atoms with Crippen LogP contribution in [0.5, 0.6) is 11.5 Å². The number of hydrogen-bond donors (Lipinski definition) is 2. The fourth-order valence-corrected chi connectivity index (χ4v) is 3.55. The zero-order chi connectivity index (χ0) is 21.6. The number of primary amides is 1. The molecule has 29 heavy (non-hydrogen) atoms. The third-order valence-electron chi connectivity index (χ3n) is 4.22. The Labute approximate surface area is 173 Å². The molecule has 0 aliphatic carbocycles. The van der Waals surface area contributed by atoms with Gasteiger partial charge in [0.1, 0.15) is 17.5 Å². The van der Waals surface area contributed by atoms with Crippen LogP contribution in [0.2, 0.25) is 0 Å². The molecule has 2 aromatic rings. The summed E-state index contributed by atoms with van der Waals surface area (Å²) in [5.41, 5.74) is 6.01. The number of amides is 2. The Morgan fingerprint density at radius 2 is 1.69 bits per heavy atom. The van der Waals surface area contributed by atoms with Crippen molar-refractivity contribution < 1.29 is 23.9 Å².